The van der Waals surface area contributed by atoms with Crippen molar-refractivity contribution in [2.75, 3.05) is 6.61 Å². The van der Waals surface area contributed by atoms with Crippen LogP contribution in [0.2, 0.25) is 0 Å². The summed E-state index contributed by atoms with van der Waals surface area (Å²) in [4.78, 5) is 0. The van der Waals surface area contributed by atoms with Gasteiger partial charge in [0, 0.05) is 0 Å². The fraction of sp³-hybridized carbons (Fsp3) is 0.750. The van der Waals surface area contributed by atoms with Crippen LogP contribution >= 0.6 is 0 Å². The molecular weight excluding hydrogens is 112 g/mol. The van der Waals surface area contributed by atoms with Crippen LogP contribution in [0.4, 0.5) is 0 Å². The molecular formula is C8H14O. The van der Waals surface area contributed by atoms with Gasteiger partial charge in [-0.1, -0.05) is 13.0 Å². The van der Waals surface area contributed by atoms with E-state index in [4.69, 9.17) is 4.74 Å². The van der Waals surface area contributed by atoms with Crippen molar-refractivity contribution in [1.82, 2.24) is 0 Å². The summed E-state index contributed by atoms with van der Waals surface area (Å²) in [5, 5.41) is 0. The SMILES string of the molecule is C=CCO[C@H]1C[C@@H](C)C1. The molecule has 1 aliphatic carbocycles. The van der Waals surface area contributed by atoms with Crippen molar-refractivity contribution in [3.05, 3.63) is 12.7 Å². The molecule has 0 aromatic rings. The molecule has 0 N–H and O–H groups in total. The molecule has 9 heavy (non-hydrogen) atoms. The molecule has 0 amide bonds. The number of rotatable bonds is 3. The quantitative estimate of drug-likeness (QED) is 0.525. The molecule has 0 aliphatic heterocycles. The highest BCUT2D eigenvalue weighted by molar-refractivity contribution is 4.78. The molecule has 0 radical (unpaired) electrons. The van der Waals surface area contributed by atoms with Crippen LogP contribution in [0, 0.1) is 5.92 Å². The highest BCUT2D eigenvalue weighted by Crippen LogP contribution is 2.28. The van der Waals surface area contributed by atoms with E-state index in [1.54, 1.807) is 0 Å². The first-order valence-corrected chi connectivity index (χ1v) is 3.55. The van der Waals surface area contributed by atoms with E-state index in [0.29, 0.717) is 6.10 Å². The van der Waals surface area contributed by atoms with Crippen LogP contribution in [-0.4, -0.2) is 12.7 Å². The topological polar surface area (TPSA) is 9.23 Å². The van der Waals surface area contributed by atoms with Gasteiger partial charge in [-0.15, -0.1) is 6.58 Å². The molecule has 1 rings (SSSR count). The van der Waals surface area contributed by atoms with Crippen molar-refractivity contribution in [2.45, 2.75) is 25.9 Å². The van der Waals surface area contributed by atoms with Gasteiger partial charge in [0.25, 0.3) is 0 Å². The van der Waals surface area contributed by atoms with Crippen molar-refractivity contribution in [3.8, 4) is 0 Å². The van der Waals surface area contributed by atoms with Gasteiger partial charge in [0.05, 0.1) is 12.7 Å². The molecule has 0 heterocycles. The van der Waals surface area contributed by atoms with Gasteiger partial charge in [0.1, 0.15) is 0 Å². The van der Waals surface area contributed by atoms with Crippen molar-refractivity contribution in [2.24, 2.45) is 5.92 Å². The Balaban J connectivity index is 1.97. The third kappa shape index (κ3) is 1.83. The van der Waals surface area contributed by atoms with E-state index in [0.717, 1.165) is 12.5 Å². The Kier molecular flexibility index (Phi) is 2.29. The third-order valence-corrected chi connectivity index (χ3v) is 1.78. The average molecular weight is 126 g/mol. The summed E-state index contributed by atoms with van der Waals surface area (Å²) in [5.41, 5.74) is 0. The molecule has 0 bridgehead atoms. The van der Waals surface area contributed by atoms with Gasteiger partial charge in [-0.25, -0.2) is 0 Å². The Bertz CT molecular complexity index is 92.7. The second kappa shape index (κ2) is 3.02. The summed E-state index contributed by atoms with van der Waals surface area (Å²) < 4.78 is 5.38. The minimum atomic E-state index is 0.540. The van der Waals surface area contributed by atoms with Crippen molar-refractivity contribution >= 4 is 0 Å². The summed E-state index contributed by atoms with van der Waals surface area (Å²) in [7, 11) is 0. The first-order valence-electron chi connectivity index (χ1n) is 3.55. The summed E-state index contributed by atoms with van der Waals surface area (Å²) >= 11 is 0. The lowest BCUT2D eigenvalue weighted by molar-refractivity contribution is -0.0113. The average Bonchev–Trinajstić information content (AvgIpc) is 1.78. The van der Waals surface area contributed by atoms with Crippen LogP contribution in [0.5, 0.6) is 0 Å². The van der Waals surface area contributed by atoms with Crippen molar-refractivity contribution in [1.29, 1.82) is 0 Å². The maximum absolute atomic E-state index is 5.38. The van der Waals surface area contributed by atoms with E-state index < -0.39 is 0 Å². The second-order valence-electron chi connectivity index (χ2n) is 2.82. The summed E-state index contributed by atoms with van der Waals surface area (Å²) in [5.74, 6) is 0.889. The Morgan fingerprint density at radius 3 is 2.78 bits per heavy atom. The highest BCUT2D eigenvalue weighted by atomic mass is 16.5. The highest BCUT2D eigenvalue weighted by Gasteiger charge is 2.25. The normalized spacial score (nSPS) is 33.4. The second-order valence-corrected chi connectivity index (χ2v) is 2.82. The molecule has 0 aromatic heterocycles. The molecule has 0 atom stereocenters. The zero-order valence-corrected chi connectivity index (χ0v) is 5.97. The van der Waals surface area contributed by atoms with Crippen molar-refractivity contribution in [3.63, 3.8) is 0 Å². The van der Waals surface area contributed by atoms with Crippen LogP contribution in [0.15, 0.2) is 12.7 Å². The summed E-state index contributed by atoms with van der Waals surface area (Å²) in [6.45, 7) is 6.56. The molecule has 1 heteroatoms. The van der Waals surface area contributed by atoms with E-state index in [9.17, 15) is 0 Å². The molecule has 0 aromatic carbocycles. The lowest BCUT2D eigenvalue weighted by atomic mass is 9.84. The lowest BCUT2D eigenvalue weighted by Gasteiger charge is -2.31. The minimum absolute atomic E-state index is 0.540. The third-order valence-electron chi connectivity index (χ3n) is 1.78. The first kappa shape index (κ1) is 6.81. The van der Waals surface area contributed by atoms with E-state index in [-0.39, 0.29) is 0 Å². The maximum Gasteiger partial charge on any atom is 0.0648 e. The Morgan fingerprint density at radius 1 is 1.67 bits per heavy atom. The zero-order valence-electron chi connectivity index (χ0n) is 5.97. The van der Waals surface area contributed by atoms with Gasteiger partial charge in [0.2, 0.25) is 0 Å². The van der Waals surface area contributed by atoms with Crippen LogP contribution < -0.4 is 0 Å². The van der Waals surface area contributed by atoms with Crippen LogP contribution in [0.25, 0.3) is 0 Å². The fourth-order valence-electron chi connectivity index (χ4n) is 1.17. The van der Waals surface area contributed by atoms with E-state index in [2.05, 4.69) is 13.5 Å². The van der Waals surface area contributed by atoms with Gasteiger partial charge in [-0.05, 0) is 18.8 Å². The monoisotopic (exact) mass is 126 g/mol. The summed E-state index contributed by atoms with van der Waals surface area (Å²) in [6.07, 6.45) is 4.84. The molecule has 0 spiro atoms. The Labute approximate surface area is 56.7 Å². The molecule has 1 aliphatic rings. The fourth-order valence-corrected chi connectivity index (χ4v) is 1.17. The van der Waals surface area contributed by atoms with Gasteiger partial charge >= 0.3 is 0 Å². The van der Waals surface area contributed by atoms with E-state index >= 15 is 0 Å². The molecule has 1 saturated carbocycles. The van der Waals surface area contributed by atoms with Gasteiger partial charge in [-0.2, -0.15) is 0 Å². The lowest BCUT2D eigenvalue weighted by Crippen LogP contribution is -2.29. The number of hydrogen-bond donors (Lipinski definition) is 0. The molecule has 1 nitrogen and oxygen atoms in total. The van der Waals surface area contributed by atoms with Gasteiger partial charge < -0.3 is 4.74 Å². The van der Waals surface area contributed by atoms with E-state index in [1.807, 2.05) is 6.08 Å². The van der Waals surface area contributed by atoms with Crippen molar-refractivity contribution < 1.29 is 4.74 Å². The Hall–Kier alpha value is -0.300. The zero-order chi connectivity index (χ0) is 6.69. The molecule has 0 unspecified atom stereocenters. The standard InChI is InChI=1S/C8H14O/c1-3-4-9-8-5-7(2)6-8/h3,7-8H,1,4-6H2,2H3/t7-,8+. The largest absolute Gasteiger partial charge is 0.374 e. The van der Waals surface area contributed by atoms with Gasteiger partial charge in [-0.3, -0.25) is 0 Å². The summed E-state index contributed by atoms with van der Waals surface area (Å²) in [6, 6.07) is 0. The maximum atomic E-state index is 5.38. The molecule has 52 valence electrons. The minimum Gasteiger partial charge on any atom is -0.374 e. The predicted molar refractivity (Wildman–Crippen MR) is 38.3 cm³/mol. The predicted octanol–water partition coefficient (Wildman–Crippen LogP) is 1.99. The smallest absolute Gasteiger partial charge is 0.0648 e. The van der Waals surface area contributed by atoms with Crippen LogP contribution in [0.1, 0.15) is 19.8 Å². The first-order chi connectivity index (χ1) is 4.33. The van der Waals surface area contributed by atoms with Crippen LogP contribution in [0.3, 0.4) is 0 Å². The number of hydrogen-bond acceptors (Lipinski definition) is 1. The Morgan fingerprint density at radius 2 is 2.33 bits per heavy atom. The van der Waals surface area contributed by atoms with Gasteiger partial charge in [0.15, 0.2) is 0 Å². The van der Waals surface area contributed by atoms with E-state index in [1.165, 1.54) is 12.8 Å². The molecule has 1 fully saturated rings. The molecule has 0 saturated heterocycles. The van der Waals surface area contributed by atoms with Crippen LogP contribution in [-0.2, 0) is 4.74 Å². The number of ether oxygens (including phenoxy) is 1.